The number of halogens is 1. The number of fused-ring (bicyclic) bond motifs is 1. The average Bonchev–Trinajstić information content (AvgIpc) is 3.20. The monoisotopic (exact) mass is 519 g/mol. The molecular formula is C28H30BrN3O2. The minimum Gasteiger partial charge on any atom is -0.492 e. The molecule has 0 atom stereocenters. The van der Waals surface area contributed by atoms with E-state index < -0.39 is 0 Å². The van der Waals surface area contributed by atoms with Gasteiger partial charge in [-0.3, -0.25) is 4.79 Å². The van der Waals surface area contributed by atoms with Crippen molar-refractivity contribution in [3.05, 3.63) is 94.2 Å². The Morgan fingerprint density at radius 2 is 1.74 bits per heavy atom. The van der Waals surface area contributed by atoms with E-state index in [9.17, 15) is 4.79 Å². The molecule has 176 valence electrons. The van der Waals surface area contributed by atoms with Gasteiger partial charge in [-0.05, 0) is 68.3 Å². The first-order valence-corrected chi connectivity index (χ1v) is 12.6. The number of unbranched alkanes of at least 4 members (excludes halogenated alkanes) is 2. The fourth-order valence-electron chi connectivity index (χ4n) is 3.95. The lowest BCUT2D eigenvalue weighted by Crippen LogP contribution is -2.24. The van der Waals surface area contributed by atoms with Crippen LogP contribution in [0.25, 0.3) is 11.0 Å². The summed E-state index contributed by atoms with van der Waals surface area (Å²) in [6.07, 6.45) is 3.90. The molecule has 0 bridgehead atoms. The predicted molar refractivity (Wildman–Crippen MR) is 140 cm³/mol. The Bertz CT molecular complexity index is 1220. The zero-order chi connectivity index (χ0) is 23.8. The smallest absolute Gasteiger partial charge is 0.251 e. The van der Waals surface area contributed by atoms with Gasteiger partial charge in [0.25, 0.3) is 5.91 Å². The van der Waals surface area contributed by atoms with Gasteiger partial charge in [0.1, 0.15) is 18.2 Å². The molecule has 0 saturated heterocycles. The van der Waals surface area contributed by atoms with E-state index in [2.05, 4.69) is 63.1 Å². The van der Waals surface area contributed by atoms with Gasteiger partial charge in [-0.15, -0.1) is 0 Å². The maximum atomic E-state index is 12.2. The molecule has 1 amide bonds. The molecule has 0 fully saturated rings. The van der Waals surface area contributed by atoms with Crippen molar-refractivity contribution in [2.45, 2.75) is 39.2 Å². The molecule has 4 aromatic rings. The van der Waals surface area contributed by atoms with Crippen LogP contribution in [0.3, 0.4) is 0 Å². The Labute approximate surface area is 209 Å². The van der Waals surface area contributed by atoms with Crippen LogP contribution in [-0.2, 0) is 13.0 Å². The number of carbonyl (C=O) groups is 1. The molecule has 5 nitrogen and oxygen atoms in total. The van der Waals surface area contributed by atoms with Crippen LogP contribution in [0.15, 0.2) is 77.3 Å². The normalized spacial score (nSPS) is 11.0. The third kappa shape index (κ3) is 6.48. The third-order valence-corrected chi connectivity index (χ3v) is 6.34. The number of nitrogens with one attached hydrogen (secondary N) is 1. The van der Waals surface area contributed by atoms with Crippen LogP contribution in [-0.4, -0.2) is 28.6 Å². The largest absolute Gasteiger partial charge is 0.492 e. The quantitative estimate of drug-likeness (QED) is 0.235. The zero-order valence-electron chi connectivity index (χ0n) is 19.5. The number of hydrogen-bond donors (Lipinski definition) is 1. The van der Waals surface area contributed by atoms with Crippen molar-refractivity contribution in [1.29, 1.82) is 0 Å². The van der Waals surface area contributed by atoms with Gasteiger partial charge in [-0.2, -0.15) is 0 Å². The first-order chi connectivity index (χ1) is 16.6. The molecule has 1 heterocycles. The van der Waals surface area contributed by atoms with Crippen LogP contribution in [0.5, 0.6) is 5.75 Å². The standard InChI is InChI=1S/C28H30BrN3O2/c1-21-10-16-24(17-11-21)34-20-19-32-26-8-5-4-7-25(26)31-27(32)9-3-2-6-18-30-28(33)22-12-14-23(29)15-13-22/h4-5,7-8,10-17H,2-3,6,9,18-20H2,1H3,(H,30,33). The second-order valence-electron chi connectivity index (χ2n) is 8.40. The highest BCUT2D eigenvalue weighted by molar-refractivity contribution is 9.10. The molecule has 4 rings (SSSR count). The van der Waals surface area contributed by atoms with Crippen molar-refractivity contribution in [2.24, 2.45) is 0 Å². The molecule has 34 heavy (non-hydrogen) atoms. The van der Waals surface area contributed by atoms with E-state index in [1.165, 1.54) is 5.56 Å². The molecule has 1 N–H and O–H groups in total. The number of hydrogen-bond acceptors (Lipinski definition) is 3. The lowest BCUT2D eigenvalue weighted by molar-refractivity contribution is 0.0953. The van der Waals surface area contributed by atoms with Crippen LogP contribution < -0.4 is 10.1 Å². The summed E-state index contributed by atoms with van der Waals surface area (Å²) in [5.41, 5.74) is 4.08. The van der Waals surface area contributed by atoms with Crippen LogP contribution in [0.1, 0.15) is 41.0 Å². The molecular weight excluding hydrogens is 490 g/mol. The number of benzene rings is 3. The van der Waals surface area contributed by atoms with Gasteiger partial charge >= 0.3 is 0 Å². The van der Waals surface area contributed by atoms with E-state index in [1.807, 2.05) is 42.5 Å². The highest BCUT2D eigenvalue weighted by Crippen LogP contribution is 2.19. The second-order valence-corrected chi connectivity index (χ2v) is 9.32. The molecule has 0 aliphatic carbocycles. The summed E-state index contributed by atoms with van der Waals surface area (Å²) in [5.74, 6) is 1.96. The van der Waals surface area contributed by atoms with Crippen molar-refractivity contribution in [1.82, 2.24) is 14.9 Å². The van der Waals surface area contributed by atoms with Gasteiger partial charge in [0.2, 0.25) is 0 Å². The van der Waals surface area contributed by atoms with Gasteiger partial charge < -0.3 is 14.6 Å². The molecule has 0 saturated carbocycles. The Hall–Kier alpha value is -3.12. The number of ether oxygens (including phenoxy) is 1. The highest BCUT2D eigenvalue weighted by atomic mass is 79.9. The molecule has 3 aromatic carbocycles. The number of rotatable bonds is 11. The third-order valence-electron chi connectivity index (χ3n) is 5.81. The zero-order valence-corrected chi connectivity index (χ0v) is 21.1. The van der Waals surface area contributed by atoms with Crippen LogP contribution in [0, 0.1) is 6.92 Å². The SMILES string of the molecule is Cc1ccc(OCCn2c(CCCCCNC(=O)c3ccc(Br)cc3)nc3ccccc32)cc1. The Balaban J connectivity index is 1.26. The maximum Gasteiger partial charge on any atom is 0.251 e. The minimum atomic E-state index is -0.0251. The van der Waals surface area contributed by atoms with E-state index >= 15 is 0 Å². The minimum absolute atomic E-state index is 0.0251. The van der Waals surface area contributed by atoms with E-state index in [4.69, 9.17) is 9.72 Å². The fraction of sp³-hybridized carbons (Fsp3) is 0.286. The lowest BCUT2D eigenvalue weighted by Gasteiger charge is -2.11. The molecule has 0 spiro atoms. The Morgan fingerprint density at radius 1 is 0.971 bits per heavy atom. The van der Waals surface area contributed by atoms with Crippen molar-refractivity contribution in [2.75, 3.05) is 13.2 Å². The van der Waals surface area contributed by atoms with Gasteiger partial charge in [0, 0.05) is 23.0 Å². The van der Waals surface area contributed by atoms with E-state index in [1.54, 1.807) is 0 Å². The second kappa shape index (κ2) is 11.8. The van der Waals surface area contributed by atoms with E-state index in [0.29, 0.717) is 18.7 Å². The van der Waals surface area contributed by atoms with E-state index in [0.717, 1.165) is 59.3 Å². The lowest BCUT2D eigenvalue weighted by atomic mass is 10.1. The molecule has 0 aliphatic heterocycles. The topological polar surface area (TPSA) is 56.1 Å². The number of carbonyl (C=O) groups excluding carboxylic acids is 1. The van der Waals surface area contributed by atoms with Crippen molar-refractivity contribution < 1.29 is 9.53 Å². The number of aryl methyl sites for hydroxylation is 2. The highest BCUT2D eigenvalue weighted by Gasteiger charge is 2.11. The van der Waals surface area contributed by atoms with Gasteiger partial charge in [-0.1, -0.05) is 52.2 Å². The van der Waals surface area contributed by atoms with Crippen molar-refractivity contribution in [3.63, 3.8) is 0 Å². The maximum absolute atomic E-state index is 12.2. The molecule has 6 heteroatoms. The van der Waals surface area contributed by atoms with Crippen LogP contribution in [0.2, 0.25) is 0 Å². The van der Waals surface area contributed by atoms with Crippen molar-refractivity contribution >= 4 is 32.9 Å². The van der Waals surface area contributed by atoms with E-state index in [-0.39, 0.29) is 5.91 Å². The summed E-state index contributed by atoms with van der Waals surface area (Å²) in [6, 6.07) is 23.8. The summed E-state index contributed by atoms with van der Waals surface area (Å²) in [7, 11) is 0. The van der Waals surface area contributed by atoms with Gasteiger partial charge in [0.05, 0.1) is 17.6 Å². The number of imidazole rings is 1. The predicted octanol–water partition coefficient (Wildman–Crippen LogP) is 6.33. The van der Waals surface area contributed by atoms with Crippen LogP contribution >= 0.6 is 15.9 Å². The number of nitrogens with zero attached hydrogens (tertiary/aromatic N) is 2. The molecule has 0 unspecified atom stereocenters. The molecule has 0 aliphatic rings. The number of para-hydroxylation sites is 2. The number of aromatic nitrogens is 2. The summed E-state index contributed by atoms with van der Waals surface area (Å²) < 4.78 is 9.22. The summed E-state index contributed by atoms with van der Waals surface area (Å²) in [4.78, 5) is 17.1. The summed E-state index contributed by atoms with van der Waals surface area (Å²) in [6.45, 7) is 4.10. The average molecular weight is 520 g/mol. The van der Waals surface area contributed by atoms with Crippen LogP contribution in [0.4, 0.5) is 0 Å². The van der Waals surface area contributed by atoms with Gasteiger partial charge in [-0.25, -0.2) is 4.98 Å². The number of amides is 1. The first-order valence-electron chi connectivity index (χ1n) is 11.8. The Kier molecular flexibility index (Phi) is 8.36. The molecule has 1 aromatic heterocycles. The fourth-order valence-corrected chi connectivity index (χ4v) is 4.21. The first kappa shape index (κ1) is 24.0. The Morgan fingerprint density at radius 3 is 2.53 bits per heavy atom. The summed E-state index contributed by atoms with van der Waals surface area (Å²) >= 11 is 3.39. The summed E-state index contributed by atoms with van der Waals surface area (Å²) in [5, 5.41) is 3.01. The van der Waals surface area contributed by atoms with Gasteiger partial charge in [0.15, 0.2) is 0 Å². The van der Waals surface area contributed by atoms with Crippen molar-refractivity contribution in [3.8, 4) is 5.75 Å². The molecule has 0 radical (unpaired) electrons.